The van der Waals surface area contributed by atoms with E-state index in [1.54, 1.807) is 51.2 Å². The Morgan fingerprint density at radius 1 is 1.08 bits per heavy atom. The van der Waals surface area contributed by atoms with Crippen LogP contribution in [0.3, 0.4) is 0 Å². The first-order valence-electron chi connectivity index (χ1n) is 12.0. The van der Waals surface area contributed by atoms with Gasteiger partial charge in [-0.3, -0.25) is 9.59 Å². The predicted octanol–water partition coefficient (Wildman–Crippen LogP) is 1.19. The van der Waals surface area contributed by atoms with Crippen molar-refractivity contribution in [2.75, 3.05) is 30.5 Å². The molecule has 13 heteroatoms. The van der Waals surface area contributed by atoms with Gasteiger partial charge in [-0.1, -0.05) is 0 Å². The molecule has 1 aromatic carbocycles. The van der Waals surface area contributed by atoms with Crippen LogP contribution >= 0.6 is 0 Å². The minimum Gasteiger partial charge on any atom is -0.458 e. The van der Waals surface area contributed by atoms with E-state index in [-0.39, 0.29) is 30.5 Å². The van der Waals surface area contributed by atoms with E-state index in [0.29, 0.717) is 29.0 Å². The third kappa shape index (κ3) is 7.48. The van der Waals surface area contributed by atoms with Crippen LogP contribution in [0.25, 0.3) is 11.2 Å². The molecule has 38 heavy (non-hydrogen) atoms. The summed E-state index contributed by atoms with van der Waals surface area (Å²) in [6.45, 7) is 5.61. The number of carbonyl (C=O) groups is 3. The molecule has 0 bridgehead atoms. The molecule has 2 amide bonds. The maximum Gasteiger partial charge on any atom is 0.329 e. The molecular formula is C25H33N9O4. The molecule has 0 aliphatic carbocycles. The highest BCUT2D eigenvalue weighted by Crippen LogP contribution is 2.19. The Hall–Kier alpha value is -4.55. The van der Waals surface area contributed by atoms with Gasteiger partial charge in [0.15, 0.2) is 17.0 Å². The predicted molar refractivity (Wildman–Crippen MR) is 143 cm³/mol. The van der Waals surface area contributed by atoms with Crippen molar-refractivity contribution in [1.29, 1.82) is 0 Å². The molecule has 2 aromatic heterocycles. The van der Waals surface area contributed by atoms with E-state index in [9.17, 15) is 14.4 Å². The van der Waals surface area contributed by atoms with Crippen molar-refractivity contribution in [2.45, 2.75) is 51.8 Å². The van der Waals surface area contributed by atoms with Crippen LogP contribution in [0.15, 0.2) is 30.5 Å². The fraction of sp³-hybridized carbons (Fsp3) is 0.400. The van der Waals surface area contributed by atoms with E-state index in [2.05, 4.69) is 30.6 Å². The topological polar surface area (TPSA) is 191 Å². The number of nitrogens with one attached hydrogen (secondary N) is 2. The van der Waals surface area contributed by atoms with E-state index in [4.69, 9.17) is 16.2 Å². The Morgan fingerprint density at radius 2 is 1.76 bits per heavy atom. The van der Waals surface area contributed by atoms with Crippen molar-refractivity contribution in [3.63, 3.8) is 0 Å². The van der Waals surface area contributed by atoms with Gasteiger partial charge in [0, 0.05) is 31.8 Å². The second kappa shape index (κ2) is 11.7. The standard InChI is InChI=1S/C25H33N9O4/c1-25(2,3)38-23(37)17(10-11-18(35)28-4)31-22(36)14-6-8-16(9-7-14)34(5)13-15-12-29-21-19(30-15)20(26)32-24(27)33-21/h6-9,12,17H,10-11,13H2,1-5H3,(H,28,35)(H,31,36)(H4,26,27,29,32,33)/t17-/m1/s1. The number of hydrogen-bond acceptors (Lipinski definition) is 11. The molecule has 13 nitrogen and oxygen atoms in total. The fourth-order valence-electron chi connectivity index (χ4n) is 3.52. The normalized spacial score (nSPS) is 12.0. The van der Waals surface area contributed by atoms with Gasteiger partial charge in [-0.05, 0) is 51.5 Å². The number of nitrogen functional groups attached to an aromatic ring is 2. The third-order valence-electron chi connectivity index (χ3n) is 5.41. The number of esters is 1. The van der Waals surface area contributed by atoms with Crippen LogP contribution in [0.1, 0.15) is 49.7 Å². The highest BCUT2D eigenvalue weighted by molar-refractivity contribution is 5.97. The summed E-state index contributed by atoms with van der Waals surface area (Å²) in [5, 5.41) is 5.20. The van der Waals surface area contributed by atoms with Gasteiger partial charge in [-0.15, -0.1) is 0 Å². The lowest BCUT2D eigenvalue weighted by Crippen LogP contribution is -2.44. The first-order valence-corrected chi connectivity index (χ1v) is 12.0. The molecular weight excluding hydrogens is 490 g/mol. The van der Waals surface area contributed by atoms with Crippen molar-refractivity contribution in [3.8, 4) is 0 Å². The Kier molecular flexibility index (Phi) is 8.61. The van der Waals surface area contributed by atoms with E-state index in [0.717, 1.165) is 5.69 Å². The van der Waals surface area contributed by atoms with Crippen molar-refractivity contribution in [3.05, 3.63) is 41.7 Å². The second-order valence-electron chi connectivity index (χ2n) is 9.67. The lowest BCUT2D eigenvalue weighted by molar-refractivity contribution is -0.157. The Labute approximate surface area is 220 Å². The SMILES string of the molecule is CNC(=O)CC[C@@H](NC(=O)c1ccc(N(C)Cc2cnc3nc(N)nc(N)c3n2)cc1)C(=O)OC(C)(C)C. The summed E-state index contributed by atoms with van der Waals surface area (Å²) in [7, 11) is 3.37. The molecule has 2 heterocycles. The minimum atomic E-state index is -0.973. The summed E-state index contributed by atoms with van der Waals surface area (Å²) >= 11 is 0. The first kappa shape index (κ1) is 28.0. The third-order valence-corrected chi connectivity index (χ3v) is 5.41. The van der Waals surface area contributed by atoms with Crippen molar-refractivity contribution in [2.24, 2.45) is 0 Å². The molecule has 0 aliphatic heterocycles. The molecule has 0 saturated heterocycles. The van der Waals surface area contributed by atoms with Crippen LogP contribution in [0.5, 0.6) is 0 Å². The lowest BCUT2D eigenvalue weighted by Gasteiger charge is -2.24. The quantitative estimate of drug-likeness (QED) is 0.294. The molecule has 0 radical (unpaired) electrons. The van der Waals surface area contributed by atoms with Crippen LogP contribution in [0.2, 0.25) is 0 Å². The van der Waals surface area contributed by atoms with Gasteiger partial charge in [-0.2, -0.15) is 9.97 Å². The van der Waals surface area contributed by atoms with Gasteiger partial charge in [-0.25, -0.2) is 14.8 Å². The molecule has 0 fully saturated rings. The number of nitrogens with zero attached hydrogens (tertiary/aromatic N) is 5. The average molecular weight is 524 g/mol. The summed E-state index contributed by atoms with van der Waals surface area (Å²) < 4.78 is 5.42. The number of fused-ring (bicyclic) bond motifs is 1. The number of hydrogen-bond donors (Lipinski definition) is 4. The van der Waals surface area contributed by atoms with Gasteiger partial charge in [0.2, 0.25) is 11.9 Å². The molecule has 0 unspecified atom stereocenters. The number of nitrogens with two attached hydrogens (primary N) is 2. The molecule has 0 saturated carbocycles. The monoisotopic (exact) mass is 523 g/mol. The zero-order valence-electron chi connectivity index (χ0n) is 22.1. The maximum atomic E-state index is 12.9. The maximum absolute atomic E-state index is 12.9. The van der Waals surface area contributed by atoms with Gasteiger partial charge < -0.3 is 31.7 Å². The number of carbonyl (C=O) groups excluding carboxylic acids is 3. The van der Waals surface area contributed by atoms with E-state index < -0.39 is 23.5 Å². The zero-order valence-corrected chi connectivity index (χ0v) is 22.1. The van der Waals surface area contributed by atoms with Crippen molar-refractivity contribution >= 4 is 46.4 Å². The number of rotatable bonds is 9. The summed E-state index contributed by atoms with van der Waals surface area (Å²) in [4.78, 5) is 55.9. The number of benzene rings is 1. The van der Waals surface area contributed by atoms with Gasteiger partial charge in [0.25, 0.3) is 5.91 Å². The molecule has 202 valence electrons. The number of amides is 2. The highest BCUT2D eigenvalue weighted by Gasteiger charge is 2.27. The first-order chi connectivity index (χ1) is 17.9. The van der Waals surface area contributed by atoms with Crippen molar-refractivity contribution in [1.82, 2.24) is 30.6 Å². The molecule has 3 rings (SSSR count). The fourth-order valence-corrected chi connectivity index (χ4v) is 3.52. The molecule has 0 aliphatic rings. The highest BCUT2D eigenvalue weighted by atomic mass is 16.6. The second-order valence-corrected chi connectivity index (χ2v) is 9.67. The van der Waals surface area contributed by atoms with E-state index >= 15 is 0 Å². The van der Waals surface area contributed by atoms with Gasteiger partial charge in [0.1, 0.15) is 11.6 Å². The van der Waals surface area contributed by atoms with Gasteiger partial charge in [0.05, 0.1) is 18.4 Å². The van der Waals surface area contributed by atoms with Crippen LogP contribution in [-0.4, -0.2) is 63.5 Å². The van der Waals surface area contributed by atoms with E-state index in [1.165, 1.54) is 7.05 Å². The smallest absolute Gasteiger partial charge is 0.329 e. The zero-order chi connectivity index (χ0) is 28.0. The van der Waals surface area contributed by atoms with Crippen molar-refractivity contribution < 1.29 is 19.1 Å². The summed E-state index contributed by atoms with van der Waals surface area (Å²) in [5.41, 5.74) is 13.3. The average Bonchev–Trinajstić information content (AvgIpc) is 2.85. The summed E-state index contributed by atoms with van der Waals surface area (Å²) in [6, 6.07) is 5.86. The number of anilines is 3. The molecule has 0 spiro atoms. The van der Waals surface area contributed by atoms with Crippen LogP contribution < -0.4 is 27.0 Å². The van der Waals surface area contributed by atoms with E-state index in [1.807, 2.05) is 11.9 Å². The van der Waals surface area contributed by atoms with Crippen LogP contribution in [0.4, 0.5) is 17.5 Å². The largest absolute Gasteiger partial charge is 0.458 e. The minimum absolute atomic E-state index is 0.0298. The molecule has 3 aromatic rings. The van der Waals surface area contributed by atoms with Gasteiger partial charge >= 0.3 is 5.97 Å². The lowest BCUT2D eigenvalue weighted by atomic mass is 10.1. The summed E-state index contributed by atoms with van der Waals surface area (Å²) in [6.07, 6.45) is 1.76. The Bertz CT molecular complexity index is 1320. The number of aromatic nitrogens is 4. The van der Waals surface area contributed by atoms with Crippen LogP contribution in [-0.2, 0) is 20.9 Å². The Balaban J connectivity index is 1.69. The molecule has 1 atom stereocenters. The van der Waals surface area contributed by atoms with Crippen LogP contribution in [0, 0.1) is 0 Å². The summed E-state index contributed by atoms with van der Waals surface area (Å²) in [5.74, 6) is -1.11. The number of ether oxygens (including phenoxy) is 1. The Morgan fingerprint density at radius 3 is 2.39 bits per heavy atom. The molecule has 6 N–H and O–H groups in total.